The van der Waals surface area contributed by atoms with Gasteiger partial charge in [-0.2, -0.15) is 0 Å². The van der Waals surface area contributed by atoms with Gasteiger partial charge in [0.1, 0.15) is 0 Å². The van der Waals surface area contributed by atoms with Gasteiger partial charge in [-0.15, -0.1) is 0 Å². The molecule has 0 radical (unpaired) electrons. The molecule has 2 rings (SSSR count). The first-order chi connectivity index (χ1) is 7.06. The number of anilines is 1. The molecule has 1 aromatic rings. The average Bonchev–Trinajstić information content (AvgIpc) is 2.16. The van der Waals surface area contributed by atoms with E-state index in [0.29, 0.717) is 5.41 Å². The molecule has 0 amide bonds. The first-order valence-corrected chi connectivity index (χ1v) is 5.89. The van der Waals surface area contributed by atoms with E-state index in [2.05, 4.69) is 50.4 Å². The van der Waals surface area contributed by atoms with Crippen molar-refractivity contribution < 1.29 is 0 Å². The maximum atomic E-state index is 3.48. The van der Waals surface area contributed by atoms with Crippen molar-refractivity contribution in [2.24, 2.45) is 5.41 Å². The molecule has 1 atom stereocenters. The molecule has 1 aliphatic heterocycles. The van der Waals surface area contributed by atoms with E-state index in [1.165, 1.54) is 24.1 Å². The second-order valence-corrected chi connectivity index (χ2v) is 5.76. The van der Waals surface area contributed by atoms with Gasteiger partial charge in [0.05, 0.1) is 0 Å². The SMILES string of the molecule is CC(C)(C)CC1CCNc2ccccc21. The highest BCUT2D eigenvalue weighted by molar-refractivity contribution is 5.54. The number of benzene rings is 1. The molecule has 0 spiro atoms. The van der Waals surface area contributed by atoms with Crippen LogP contribution in [0.3, 0.4) is 0 Å². The average molecular weight is 203 g/mol. The van der Waals surface area contributed by atoms with E-state index in [1.807, 2.05) is 0 Å². The Hall–Kier alpha value is -0.980. The van der Waals surface area contributed by atoms with Gasteiger partial charge in [-0.1, -0.05) is 39.0 Å². The Balaban J connectivity index is 2.22. The number of para-hydroxylation sites is 1. The van der Waals surface area contributed by atoms with Crippen molar-refractivity contribution in [1.29, 1.82) is 0 Å². The minimum Gasteiger partial charge on any atom is -0.385 e. The summed E-state index contributed by atoms with van der Waals surface area (Å²) in [4.78, 5) is 0. The lowest BCUT2D eigenvalue weighted by Gasteiger charge is -2.31. The summed E-state index contributed by atoms with van der Waals surface area (Å²) in [6.07, 6.45) is 2.56. The maximum absolute atomic E-state index is 3.48. The summed E-state index contributed by atoms with van der Waals surface area (Å²) in [6.45, 7) is 8.12. The summed E-state index contributed by atoms with van der Waals surface area (Å²) in [5.41, 5.74) is 3.28. The van der Waals surface area contributed by atoms with Gasteiger partial charge in [-0.05, 0) is 35.8 Å². The molecule has 0 aliphatic carbocycles. The van der Waals surface area contributed by atoms with Gasteiger partial charge in [-0.3, -0.25) is 0 Å². The molecule has 82 valence electrons. The normalized spacial score (nSPS) is 20.6. The summed E-state index contributed by atoms with van der Waals surface area (Å²) in [5.74, 6) is 0.738. The van der Waals surface area contributed by atoms with Crippen LogP contribution in [0, 0.1) is 5.41 Å². The van der Waals surface area contributed by atoms with Gasteiger partial charge in [0.25, 0.3) is 0 Å². The maximum Gasteiger partial charge on any atom is 0.0375 e. The van der Waals surface area contributed by atoms with Gasteiger partial charge < -0.3 is 5.32 Å². The van der Waals surface area contributed by atoms with Gasteiger partial charge >= 0.3 is 0 Å². The van der Waals surface area contributed by atoms with Crippen molar-refractivity contribution in [3.63, 3.8) is 0 Å². The Kier molecular flexibility index (Phi) is 2.72. The molecular weight excluding hydrogens is 182 g/mol. The Morgan fingerprint density at radius 2 is 2.00 bits per heavy atom. The molecule has 1 aliphatic rings. The van der Waals surface area contributed by atoms with Crippen LogP contribution in [0.4, 0.5) is 5.69 Å². The third kappa shape index (κ3) is 2.53. The van der Waals surface area contributed by atoms with Gasteiger partial charge in [0.15, 0.2) is 0 Å². The van der Waals surface area contributed by atoms with E-state index in [9.17, 15) is 0 Å². The van der Waals surface area contributed by atoms with Gasteiger partial charge in [0.2, 0.25) is 0 Å². The van der Waals surface area contributed by atoms with Crippen molar-refractivity contribution in [2.75, 3.05) is 11.9 Å². The summed E-state index contributed by atoms with van der Waals surface area (Å²) < 4.78 is 0. The fraction of sp³-hybridized carbons (Fsp3) is 0.571. The molecule has 15 heavy (non-hydrogen) atoms. The second kappa shape index (κ2) is 3.88. The zero-order valence-electron chi connectivity index (χ0n) is 10.0. The summed E-state index contributed by atoms with van der Waals surface area (Å²) >= 11 is 0. The summed E-state index contributed by atoms with van der Waals surface area (Å²) in [7, 11) is 0. The molecule has 1 unspecified atom stereocenters. The van der Waals surface area contributed by atoms with Crippen LogP contribution in [0.15, 0.2) is 24.3 Å². The van der Waals surface area contributed by atoms with Crippen LogP contribution >= 0.6 is 0 Å². The minimum atomic E-state index is 0.426. The molecule has 1 N–H and O–H groups in total. The quantitative estimate of drug-likeness (QED) is 0.727. The number of nitrogens with one attached hydrogen (secondary N) is 1. The third-order valence-corrected chi connectivity index (χ3v) is 3.07. The Bertz CT molecular complexity index is 335. The van der Waals surface area contributed by atoms with Crippen molar-refractivity contribution >= 4 is 5.69 Å². The van der Waals surface area contributed by atoms with E-state index in [0.717, 1.165) is 12.5 Å². The minimum absolute atomic E-state index is 0.426. The highest BCUT2D eigenvalue weighted by Crippen LogP contribution is 2.38. The molecule has 0 saturated heterocycles. The Labute approximate surface area is 92.9 Å². The molecule has 1 aromatic carbocycles. The monoisotopic (exact) mass is 203 g/mol. The smallest absolute Gasteiger partial charge is 0.0375 e. The highest BCUT2D eigenvalue weighted by Gasteiger charge is 2.24. The molecular formula is C14H21N. The molecule has 1 nitrogen and oxygen atoms in total. The lowest BCUT2D eigenvalue weighted by molar-refractivity contribution is 0.331. The lowest BCUT2D eigenvalue weighted by atomic mass is 9.78. The predicted octanol–water partition coefficient (Wildman–Crippen LogP) is 4.02. The van der Waals surface area contributed by atoms with Crippen molar-refractivity contribution in [3.05, 3.63) is 29.8 Å². The fourth-order valence-corrected chi connectivity index (χ4v) is 2.50. The number of rotatable bonds is 1. The summed E-state index contributed by atoms with van der Waals surface area (Å²) in [5, 5.41) is 3.48. The fourth-order valence-electron chi connectivity index (χ4n) is 2.50. The van der Waals surface area contributed by atoms with E-state index in [1.54, 1.807) is 0 Å². The van der Waals surface area contributed by atoms with Crippen LogP contribution in [-0.4, -0.2) is 6.54 Å². The van der Waals surface area contributed by atoms with E-state index in [-0.39, 0.29) is 0 Å². The van der Waals surface area contributed by atoms with Gasteiger partial charge in [0, 0.05) is 12.2 Å². The van der Waals surface area contributed by atoms with Crippen LogP contribution in [0.1, 0.15) is 45.1 Å². The third-order valence-electron chi connectivity index (χ3n) is 3.07. The van der Waals surface area contributed by atoms with Crippen molar-refractivity contribution in [3.8, 4) is 0 Å². The molecule has 0 saturated carbocycles. The first-order valence-electron chi connectivity index (χ1n) is 5.89. The molecule has 1 heterocycles. The number of fused-ring (bicyclic) bond motifs is 1. The zero-order valence-corrected chi connectivity index (χ0v) is 10.0. The van der Waals surface area contributed by atoms with E-state index >= 15 is 0 Å². The molecule has 0 bridgehead atoms. The lowest BCUT2D eigenvalue weighted by Crippen LogP contribution is -2.20. The highest BCUT2D eigenvalue weighted by atomic mass is 14.9. The topological polar surface area (TPSA) is 12.0 Å². The standard InChI is InChI=1S/C14H21N/c1-14(2,3)10-11-8-9-15-13-7-5-4-6-12(11)13/h4-7,11,15H,8-10H2,1-3H3. The summed E-state index contributed by atoms with van der Waals surface area (Å²) in [6, 6.07) is 8.74. The van der Waals surface area contributed by atoms with E-state index in [4.69, 9.17) is 0 Å². The van der Waals surface area contributed by atoms with Crippen LogP contribution in [-0.2, 0) is 0 Å². The molecule has 0 aromatic heterocycles. The largest absolute Gasteiger partial charge is 0.385 e. The predicted molar refractivity (Wildman–Crippen MR) is 66.4 cm³/mol. The number of hydrogen-bond donors (Lipinski definition) is 1. The van der Waals surface area contributed by atoms with Crippen molar-refractivity contribution in [1.82, 2.24) is 0 Å². The van der Waals surface area contributed by atoms with Gasteiger partial charge in [-0.25, -0.2) is 0 Å². The Morgan fingerprint density at radius 1 is 1.27 bits per heavy atom. The molecule has 1 heteroatoms. The number of hydrogen-bond acceptors (Lipinski definition) is 1. The van der Waals surface area contributed by atoms with Crippen LogP contribution < -0.4 is 5.32 Å². The Morgan fingerprint density at radius 3 is 2.73 bits per heavy atom. The van der Waals surface area contributed by atoms with Crippen molar-refractivity contribution in [2.45, 2.75) is 39.5 Å². The zero-order chi connectivity index (χ0) is 10.9. The van der Waals surface area contributed by atoms with Crippen LogP contribution in [0.25, 0.3) is 0 Å². The van der Waals surface area contributed by atoms with E-state index < -0.39 is 0 Å². The second-order valence-electron chi connectivity index (χ2n) is 5.76. The van der Waals surface area contributed by atoms with Crippen LogP contribution in [0.5, 0.6) is 0 Å². The first kappa shape index (κ1) is 10.5. The van der Waals surface area contributed by atoms with Crippen LogP contribution in [0.2, 0.25) is 0 Å². The molecule has 0 fully saturated rings.